The number of carbonyl (C=O) groups excluding carboxylic acids is 1. The van der Waals surface area contributed by atoms with Crippen LogP contribution < -0.4 is 5.32 Å². The Morgan fingerprint density at radius 3 is 3.15 bits per heavy atom. The van der Waals surface area contributed by atoms with Gasteiger partial charge in [0, 0.05) is 32.4 Å². The zero-order valence-corrected chi connectivity index (χ0v) is 11.6. The van der Waals surface area contributed by atoms with Crippen LogP contribution in [0.5, 0.6) is 0 Å². The van der Waals surface area contributed by atoms with Gasteiger partial charge in [0.25, 0.3) is 5.91 Å². The van der Waals surface area contributed by atoms with E-state index in [9.17, 15) is 14.3 Å². The molecule has 1 aromatic rings. The van der Waals surface area contributed by atoms with Crippen LogP contribution in [0.1, 0.15) is 30.1 Å². The first kappa shape index (κ1) is 14.7. The van der Waals surface area contributed by atoms with Crippen LogP contribution in [0, 0.1) is 11.7 Å². The molecule has 2 rings (SSSR count). The molecular formula is C14H20FN3O2. The molecule has 1 saturated heterocycles. The van der Waals surface area contributed by atoms with Crippen molar-refractivity contribution < 1.29 is 14.3 Å². The summed E-state index contributed by atoms with van der Waals surface area (Å²) in [6.07, 6.45) is 3.17. The summed E-state index contributed by atoms with van der Waals surface area (Å²) >= 11 is 0. The second-order valence-electron chi connectivity index (χ2n) is 4.99. The number of aliphatic hydroxyl groups excluding tert-OH is 1. The molecule has 1 aromatic heterocycles. The van der Waals surface area contributed by atoms with Crippen molar-refractivity contribution in [3.8, 4) is 0 Å². The van der Waals surface area contributed by atoms with E-state index in [1.165, 1.54) is 12.3 Å². The van der Waals surface area contributed by atoms with Crippen LogP contribution in [0.4, 0.5) is 10.2 Å². The molecule has 2 N–H and O–H groups in total. The highest BCUT2D eigenvalue weighted by Gasteiger charge is 2.26. The van der Waals surface area contributed by atoms with E-state index in [2.05, 4.69) is 10.3 Å². The van der Waals surface area contributed by atoms with Crippen molar-refractivity contribution in [1.82, 2.24) is 9.88 Å². The first-order valence-corrected chi connectivity index (χ1v) is 6.95. The first-order chi connectivity index (χ1) is 9.67. The number of anilines is 1. The third-order valence-corrected chi connectivity index (χ3v) is 3.53. The lowest BCUT2D eigenvalue weighted by molar-refractivity contribution is 0.0616. The zero-order valence-electron chi connectivity index (χ0n) is 11.6. The molecule has 1 atom stereocenters. The Morgan fingerprint density at radius 1 is 1.65 bits per heavy atom. The molecule has 0 aliphatic carbocycles. The second kappa shape index (κ2) is 6.65. The van der Waals surface area contributed by atoms with Gasteiger partial charge in [0.2, 0.25) is 0 Å². The van der Waals surface area contributed by atoms with Gasteiger partial charge in [-0.1, -0.05) is 0 Å². The molecule has 0 bridgehead atoms. The van der Waals surface area contributed by atoms with Gasteiger partial charge in [-0.2, -0.15) is 0 Å². The van der Waals surface area contributed by atoms with E-state index in [4.69, 9.17) is 0 Å². The predicted octanol–water partition coefficient (Wildman–Crippen LogP) is 1.50. The first-order valence-electron chi connectivity index (χ1n) is 6.95. The van der Waals surface area contributed by atoms with E-state index >= 15 is 0 Å². The highest BCUT2D eigenvalue weighted by molar-refractivity contribution is 5.95. The third-order valence-electron chi connectivity index (χ3n) is 3.53. The third kappa shape index (κ3) is 3.07. The number of hydrogen-bond acceptors (Lipinski definition) is 4. The number of likely N-dealkylation sites (tertiary alicyclic amines) is 1. The summed E-state index contributed by atoms with van der Waals surface area (Å²) in [5, 5.41) is 12.0. The van der Waals surface area contributed by atoms with Gasteiger partial charge in [0.1, 0.15) is 0 Å². The lowest BCUT2D eigenvalue weighted by Gasteiger charge is -2.32. The Bertz CT molecular complexity index is 481. The summed E-state index contributed by atoms with van der Waals surface area (Å²) in [7, 11) is 0. The molecule has 2 heterocycles. The fourth-order valence-electron chi connectivity index (χ4n) is 2.47. The summed E-state index contributed by atoms with van der Waals surface area (Å²) in [5.74, 6) is -0.743. The van der Waals surface area contributed by atoms with Crippen LogP contribution in [-0.4, -0.2) is 47.1 Å². The molecule has 1 unspecified atom stereocenters. The minimum atomic E-state index is -0.606. The number of pyridine rings is 1. The van der Waals surface area contributed by atoms with Gasteiger partial charge in [-0.25, -0.2) is 9.37 Å². The standard InChI is InChI=1S/C14H20FN3O2/c1-2-16-13-12(15)11(5-6-17-13)14(20)18-7-3-4-10(8-18)9-19/h5-6,10,19H,2-4,7-9H2,1H3,(H,16,17). The lowest BCUT2D eigenvalue weighted by atomic mass is 9.98. The van der Waals surface area contributed by atoms with Crippen molar-refractivity contribution in [3.63, 3.8) is 0 Å². The number of nitrogens with one attached hydrogen (secondary N) is 1. The molecule has 20 heavy (non-hydrogen) atoms. The van der Waals surface area contributed by atoms with Crippen molar-refractivity contribution in [1.29, 1.82) is 0 Å². The van der Waals surface area contributed by atoms with E-state index in [-0.39, 0.29) is 29.8 Å². The minimum absolute atomic E-state index is 0.0366. The van der Waals surface area contributed by atoms with Crippen LogP contribution in [0.25, 0.3) is 0 Å². The molecular weight excluding hydrogens is 261 g/mol. The number of piperidine rings is 1. The van der Waals surface area contributed by atoms with Gasteiger partial charge < -0.3 is 15.3 Å². The molecule has 1 aliphatic heterocycles. The van der Waals surface area contributed by atoms with E-state index in [1.54, 1.807) is 4.90 Å². The summed E-state index contributed by atoms with van der Waals surface area (Å²) < 4.78 is 14.2. The Balaban J connectivity index is 2.18. The van der Waals surface area contributed by atoms with Gasteiger partial charge >= 0.3 is 0 Å². The molecule has 0 saturated carbocycles. The van der Waals surface area contributed by atoms with Crippen LogP contribution in [-0.2, 0) is 0 Å². The largest absolute Gasteiger partial charge is 0.396 e. The van der Waals surface area contributed by atoms with E-state index in [0.29, 0.717) is 19.6 Å². The molecule has 6 heteroatoms. The van der Waals surface area contributed by atoms with E-state index in [0.717, 1.165) is 12.8 Å². The summed E-state index contributed by atoms with van der Waals surface area (Å²) in [6.45, 7) is 3.52. The topological polar surface area (TPSA) is 65.5 Å². The summed E-state index contributed by atoms with van der Waals surface area (Å²) in [4.78, 5) is 17.9. The van der Waals surface area contributed by atoms with Gasteiger partial charge in [0.05, 0.1) is 5.56 Å². The van der Waals surface area contributed by atoms with Crippen molar-refractivity contribution in [2.45, 2.75) is 19.8 Å². The Labute approximate surface area is 117 Å². The fourth-order valence-corrected chi connectivity index (χ4v) is 2.47. The van der Waals surface area contributed by atoms with E-state index < -0.39 is 5.82 Å². The quantitative estimate of drug-likeness (QED) is 0.877. The smallest absolute Gasteiger partial charge is 0.257 e. The van der Waals surface area contributed by atoms with Gasteiger partial charge in [-0.15, -0.1) is 0 Å². The number of carbonyl (C=O) groups is 1. The maximum atomic E-state index is 14.2. The Morgan fingerprint density at radius 2 is 2.45 bits per heavy atom. The van der Waals surface area contributed by atoms with Crippen LogP contribution in [0.15, 0.2) is 12.3 Å². The molecule has 5 nitrogen and oxygen atoms in total. The minimum Gasteiger partial charge on any atom is -0.396 e. The Hall–Kier alpha value is -1.69. The summed E-state index contributed by atoms with van der Waals surface area (Å²) in [6, 6.07) is 1.40. The molecule has 0 spiro atoms. The maximum absolute atomic E-state index is 14.2. The average Bonchev–Trinajstić information content (AvgIpc) is 2.49. The number of aliphatic hydroxyl groups is 1. The summed E-state index contributed by atoms with van der Waals surface area (Å²) in [5.41, 5.74) is 0.0366. The molecule has 1 fully saturated rings. The zero-order chi connectivity index (χ0) is 14.5. The predicted molar refractivity (Wildman–Crippen MR) is 74.1 cm³/mol. The van der Waals surface area contributed by atoms with Gasteiger partial charge in [-0.3, -0.25) is 4.79 Å². The van der Waals surface area contributed by atoms with Crippen LogP contribution in [0.3, 0.4) is 0 Å². The highest BCUT2D eigenvalue weighted by Crippen LogP contribution is 2.21. The number of hydrogen-bond donors (Lipinski definition) is 2. The SMILES string of the molecule is CCNc1nccc(C(=O)N2CCCC(CO)C2)c1F. The fraction of sp³-hybridized carbons (Fsp3) is 0.571. The molecule has 0 aromatic carbocycles. The molecule has 1 aliphatic rings. The molecule has 0 radical (unpaired) electrons. The number of rotatable bonds is 4. The van der Waals surface area contributed by atoms with Gasteiger partial charge in [0.15, 0.2) is 11.6 Å². The van der Waals surface area contributed by atoms with Crippen molar-refractivity contribution >= 4 is 11.7 Å². The number of nitrogens with zero attached hydrogens (tertiary/aromatic N) is 2. The van der Waals surface area contributed by atoms with Crippen LogP contribution >= 0.6 is 0 Å². The second-order valence-corrected chi connectivity index (χ2v) is 4.99. The van der Waals surface area contributed by atoms with E-state index in [1.807, 2.05) is 6.92 Å². The van der Waals surface area contributed by atoms with Crippen molar-refractivity contribution in [2.24, 2.45) is 5.92 Å². The lowest BCUT2D eigenvalue weighted by Crippen LogP contribution is -2.41. The number of amides is 1. The molecule has 1 amide bonds. The van der Waals surface area contributed by atoms with Gasteiger partial charge in [-0.05, 0) is 31.7 Å². The molecule has 110 valence electrons. The van der Waals surface area contributed by atoms with Crippen molar-refractivity contribution in [2.75, 3.05) is 31.6 Å². The normalized spacial score (nSPS) is 18.9. The average molecular weight is 281 g/mol. The highest BCUT2D eigenvalue weighted by atomic mass is 19.1. The number of aromatic nitrogens is 1. The van der Waals surface area contributed by atoms with Crippen LogP contribution in [0.2, 0.25) is 0 Å². The number of halogens is 1. The monoisotopic (exact) mass is 281 g/mol. The van der Waals surface area contributed by atoms with Crippen molar-refractivity contribution in [3.05, 3.63) is 23.6 Å². The Kier molecular flexibility index (Phi) is 4.89. The maximum Gasteiger partial charge on any atom is 0.257 e.